The van der Waals surface area contributed by atoms with Crippen molar-refractivity contribution in [1.29, 1.82) is 0 Å². The molecule has 22 heavy (non-hydrogen) atoms. The van der Waals surface area contributed by atoms with E-state index in [1.165, 1.54) is 18.2 Å². The maximum absolute atomic E-state index is 13.1. The van der Waals surface area contributed by atoms with Crippen LogP contribution in [0.25, 0.3) is 0 Å². The molecule has 0 aliphatic carbocycles. The second-order valence-electron chi connectivity index (χ2n) is 4.67. The van der Waals surface area contributed by atoms with E-state index in [0.29, 0.717) is 10.6 Å². The molecule has 0 saturated carbocycles. The number of benzene rings is 2. The molecule has 0 spiro atoms. The molecule has 1 amide bonds. The van der Waals surface area contributed by atoms with E-state index in [2.05, 4.69) is 5.32 Å². The van der Waals surface area contributed by atoms with Gasteiger partial charge in [-0.25, -0.2) is 9.18 Å². The minimum absolute atomic E-state index is 0.0378. The molecule has 2 aromatic rings. The fourth-order valence-corrected chi connectivity index (χ4v) is 2.17. The van der Waals surface area contributed by atoms with Gasteiger partial charge in [-0.3, -0.25) is 4.79 Å². The molecule has 2 N–H and O–H groups in total. The van der Waals surface area contributed by atoms with Crippen molar-refractivity contribution in [2.45, 2.75) is 12.5 Å². The molecule has 6 heteroatoms. The summed E-state index contributed by atoms with van der Waals surface area (Å²) in [5.74, 6) is -2.41. The average molecular weight is 322 g/mol. The zero-order chi connectivity index (χ0) is 16.1. The van der Waals surface area contributed by atoms with Crippen molar-refractivity contribution in [1.82, 2.24) is 5.32 Å². The molecular formula is C16H13ClFNO3. The Bertz CT molecular complexity index is 705. The smallest absolute Gasteiger partial charge is 0.326 e. The van der Waals surface area contributed by atoms with Gasteiger partial charge in [0.1, 0.15) is 11.9 Å². The molecule has 4 nitrogen and oxygen atoms in total. The highest BCUT2D eigenvalue weighted by Crippen LogP contribution is 2.17. The maximum atomic E-state index is 13.1. The van der Waals surface area contributed by atoms with Gasteiger partial charge in [0.2, 0.25) is 0 Å². The first-order valence-electron chi connectivity index (χ1n) is 6.50. The number of hydrogen-bond acceptors (Lipinski definition) is 2. The lowest BCUT2D eigenvalue weighted by molar-refractivity contribution is -0.139. The fourth-order valence-electron chi connectivity index (χ4n) is 1.96. The van der Waals surface area contributed by atoms with E-state index in [1.54, 1.807) is 24.3 Å². The van der Waals surface area contributed by atoms with E-state index in [4.69, 9.17) is 11.6 Å². The van der Waals surface area contributed by atoms with Gasteiger partial charge in [0.15, 0.2) is 0 Å². The van der Waals surface area contributed by atoms with E-state index >= 15 is 0 Å². The van der Waals surface area contributed by atoms with E-state index in [9.17, 15) is 19.1 Å². The molecule has 0 aliphatic rings. The third-order valence-corrected chi connectivity index (χ3v) is 3.44. The highest BCUT2D eigenvalue weighted by molar-refractivity contribution is 6.31. The number of aliphatic carboxylic acids is 1. The number of carbonyl (C=O) groups is 2. The molecule has 0 aromatic heterocycles. The standard InChI is InChI=1S/C16H13ClFNO3/c17-13-7-2-1-4-10(13)9-14(16(21)22)19-15(20)11-5-3-6-12(18)8-11/h1-8,14H,9H2,(H,19,20)(H,21,22)/t14-/m0/s1. The van der Waals surface area contributed by atoms with E-state index in [-0.39, 0.29) is 12.0 Å². The Kier molecular flexibility index (Phi) is 5.12. The summed E-state index contributed by atoms with van der Waals surface area (Å²) in [4.78, 5) is 23.3. The van der Waals surface area contributed by atoms with Crippen LogP contribution < -0.4 is 5.32 Å². The number of hydrogen-bond donors (Lipinski definition) is 2. The van der Waals surface area contributed by atoms with Crippen LogP contribution in [0.5, 0.6) is 0 Å². The zero-order valence-corrected chi connectivity index (χ0v) is 12.2. The van der Waals surface area contributed by atoms with E-state index < -0.39 is 23.7 Å². The molecule has 0 fully saturated rings. The van der Waals surface area contributed by atoms with Crippen LogP contribution in [0.3, 0.4) is 0 Å². The van der Waals surface area contributed by atoms with Crippen LogP contribution in [0.1, 0.15) is 15.9 Å². The van der Waals surface area contributed by atoms with Crippen molar-refractivity contribution < 1.29 is 19.1 Å². The predicted molar refractivity (Wildman–Crippen MR) is 80.4 cm³/mol. The first kappa shape index (κ1) is 16.0. The van der Waals surface area contributed by atoms with Gasteiger partial charge in [0.25, 0.3) is 5.91 Å². The van der Waals surface area contributed by atoms with Gasteiger partial charge in [0, 0.05) is 17.0 Å². The summed E-state index contributed by atoms with van der Waals surface area (Å²) in [6, 6.07) is 10.7. The predicted octanol–water partition coefficient (Wildman–Crippen LogP) is 2.90. The minimum atomic E-state index is -1.19. The van der Waals surface area contributed by atoms with Crippen LogP contribution in [-0.2, 0) is 11.2 Å². The molecule has 2 aromatic carbocycles. The number of carboxylic acids is 1. The lowest BCUT2D eigenvalue weighted by atomic mass is 10.1. The van der Waals surface area contributed by atoms with Gasteiger partial charge in [-0.1, -0.05) is 35.9 Å². The summed E-state index contributed by atoms with van der Waals surface area (Å²) in [5, 5.41) is 12.0. The second kappa shape index (κ2) is 7.04. The number of rotatable bonds is 5. The SMILES string of the molecule is O=C(N[C@@H](Cc1ccccc1Cl)C(=O)O)c1cccc(F)c1. The third kappa shape index (κ3) is 4.05. The number of amides is 1. The highest BCUT2D eigenvalue weighted by Gasteiger charge is 2.22. The minimum Gasteiger partial charge on any atom is -0.480 e. The second-order valence-corrected chi connectivity index (χ2v) is 5.08. The van der Waals surface area contributed by atoms with E-state index in [0.717, 1.165) is 6.07 Å². The van der Waals surface area contributed by atoms with Crippen LogP contribution in [-0.4, -0.2) is 23.0 Å². The molecule has 1 atom stereocenters. The van der Waals surface area contributed by atoms with Gasteiger partial charge in [-0.05, 0) is 29.8 Å². The molecule has 0 bridgehead atoms. The Morgan fingerprint density at radius 2 is 1.91 bits per heavy atom. The first-order chi connectivity index (χ1) is 10.5. The van der Waals surface area contributed by atoms with Gasteiger partial charge >= 0.3 is 5.97 Å². The Morgan fingerprint density at radius 3 is 2.55 bits per heavy atom. The molecule has 2 rings (SSSR count). The summed E-state index contributed by atoms with van der Waals surface area (Å²) < 4.78 is 13.1. The maximum Gasteiger partial charge on any atom is 0.326 e. The molecule has 0 unspecified atom stereocenters. The molecule has 0 radical (unpaired) electrons. The normalized spacial score (nSPS) is 11.7. The Balaban J connectivity index is 2.14. The van der Waals surface area contributed by atoms with Crippen molar-refractivity contribution in [2.24, 2.45) is 0 Å². The topological polar surface area (TPSA) is 66.4 Å². The molecular weight excluding hydrogens is 309 g/mol. The van der Waals surface area contributed by atoms with Crippen molar-refractivity contribution >= 4 is 23.5 Å². The quantitative estimate of drug-likeness (QED) is 0.890. The number of carbonyl (C=O) groups excluding carboxylic acids is 1. The number of nitrogens with one attached hydrogen (secondary N) is 1. The van der Waals surface area contributed by atoms with Gasteiger partial charge in [0.05, 0.1) is 0 Å². The van der Waals surface area contributed by atoms with Crippen LogP contribution in [0, 0.1) is 5.82 Å². The average Bonchev–Trinajstić information content (AvgIpc) is 2.48. The van der Waals surface area contributed by atoms with Crippen molar-refractivity contribution in [3.63, 3.8) is 0 Å². The third-order valence-electron chi connectivity index (χ3n) is 3.07. The monoisotopic (exact) mass is 321 g/mol. The Morgan fingerprint density at radius 1 is 1.18 bits per heavy atom. The van der Waals surface area contributed by atoms with E-state index in [1.807, 2.05) is 0 Å². The zero-order valence-electron chi connectivity index (χ0n) is 11.4. The summed E-state index contributed by atoms with van der Waals surface area (Å²) in [7, 11) is 0. The van der Waals surface area contributed by atoms with Crippen molar-refractivity contribution in [3.8, 4) is 0 Å². The number of carboxylic acid groups (broad SMARTS) is 1. The van der Waals surface area contributed by atoms with Gasteiger partial charge in [-0.2, -0.15) is 0 Å². The highest BCUT2D eigenvalue weighted by atomic mass is 35.5. The largest absolute Gasteiger partial charge is 0.480 e. The first-order valence-corrected chi connectivity index (χ1v) is 6.88. The molecule has 0 saturated heterocycles. The molecule has 0 heterocycles. The Labute approximate surface area is 131 Å². The Hall–Kier alpha value is -2.40. The summed E-state index contributed by atoms with van der Waals surface area (Å²) in [6.07, 6.45) is 0.0378. The number of halogens is 2. The fraction of sp³-hybridized carbons (Fsp3) is 0.125. The van der Waals surface area contributed by atoms with Crippen LogP contribution in [0.15, 0.2) is 48.5 Å². The van der Waals surface area contributed by atoms with Crippen LogP contribution in [0.2, 0.25) is 5.02 Å². The molecule has 114 valence electrons. The lowest BCUT2D eigenvalue weighted by Crippen LogP contribution is -2.42. The van der Waals surface area contributed by atoms with Gasteiger partial charge < -0.3 is 10.4 Å². The summed E-state index contributed by atoms with van der Waals surface area (Å²) in [5.41, 5.74) is 0.668. The van der Waals surface area contributed by atoms with Crippen molar-refractivity contribution in [3.05, 3.63) is 70.5 Å². The summed E-state index contributed by atoms with van der Waals surface area (Å²) >= 11 is 5.99. The van der Waals surface area contributed by atoms with Gasteiger partial charge in [-0.15, -0.1) is 0 Å². The molecule has 0 aliphatic heterocycles. The van der Waals surface area contributed by atoms with Crippen LogP contribution >= 0.6 is 11.6 Å². The summed E-state index contributed by atoms with van der Waals surface area (Å²) in [6.45, 7) is 0. The van der Waals surface area contributed by atoms with Crippen LogP contribution in [0.4, 0.5) is 4.39 Å². The lowest BCUT2D eigenvalue weighted by Gasteiger charge is -2.15. The van der Waals surface area contributed by atoms with Crippen molar-refractivity contribution in [2.75, 3.05) is 0 Å².